The number of carbonyl (C=O) groups is 2. The van der Waals surface area contributed by atoms with Crippen molar-refractivity contribution in [2.75, 3.05) is 18.4 Å². The second kappa shape index (κ2) is 9.11. The highest BCUT2D eigenvalue weighted by Crippen LogP contribution is 2.24. The lowest BCUT2D eigenvalue weighted by atomic mass is 9.85. The van der Waals surface area contributed by atoms with Crippen LogP contribution in [0.2, 0.25) is 5.02 Å². The molecule has 0 bridgehead atoms. The summed E-state index contributed by atoms with van der Waals surface area (Å²) in [7, 11) is 0. The van der Waals surface area contributed by atoms with E-state index in [-0.39, 0.29) is 28.9 Å². The minimum Gasteiger partial charge on any atom is -0.366 e. The number of nitrogens with two attached hydrogens (primary N) is 1. The van der Waals surface area contributed by atoms with Gasteiger partial charge in [-0.05, 0) is 56.0 Å². The van der Waals surface area contributed by atoms with Crippen molar-refractivity contribution in [2.24, 2.45) is 17.6 Å². The molecule has 0 aliphatic carbocycles. The van der Waals surface area contributed by atoms with Crippen molar-refractivity contribution in [3.8, 4) is 0 Å². The molecular weight excluding hydrogens is 337 g/mol. The van der Waals surface area contributed by atoms with Crippen LogP contribution in [0.25, 0.3) is 0 Å². The van der Waals surface area contributed by atoms with Crippen LogP contribution in [0.5, 0.6) is 0 Å². The van der Waals surface area contributed by atoms with Gasteiger partial charge in [-0.1, -0.05) is 18.5 Å². The highest BCUT2D eigenvalue weighted by Gasteiger charge is 2.22. The smallest absolute Gasteiger partial charge is 0.250 e. The van der Waals surface area contributed by atoms with Gasteiger partial charge in [-0.2, -0.15) is 0 Å². The number of anilines is 1. The predicted octanol–water partition coefficient (Wildman–Crippen LogP) is 2.83. The number of halogens is 2. The van der Waals surface area contributed by atoms with Crippen molar-refractivity contribution in [3.05, 3.63) is 28.8 Å². The minimum atomic E-state index is -0.582. The van der Waals surface area contributed by atoms with E-state index in [1.165, 1.54) is 18.9 Å². The summed E-state index contributed by atoms with van der Waals surface area (Å²) < 4.78 is 0. The van der Waals surface area contributed by atoms with Gasteiger partial charge in [0.1, 0.15) is 0 Å². The van der Waals surface area contributed by atoms with Crippen molar-refractivity contribution in [2.45, 2.75) is 26.2 Å². The van der Waals surface area contributed by atoms with Crippen molar-refractivity contribution < 1.29 is 9.59 Å². The quantitative estimate of drug-likeness (QED) is 0.755. The van der Waals surface area contributed by atoms with Gasteiger partial charge in [0, 0.05) is 12.1 Å². The lowest BCUT2D eigenvalue weighted by molar-refractivity contribution is -0.117. The first kappa shape index (κ1) is 19.7. The molecule has 1 heterocycles. The molecule has 2 rings (SSSR count). The third-order valence-electron chi connectivity index (χ3n) is 4.17. The lowest BCUT2D eigenvalue weighted by Crippen LogP contribution is -2.34. The molecule has 0 spiro atoms. The molecule has 1 aromatic carbocycles. The zero-order chi connectivity index (χ0) is 16.1. The average molecular weight is 360 g/mol. The lowest BCUT2D eigenvalue weighted by Gasteiger charge is -2.28. The topological polar surface area (TPSA) is 84.2 Å². The van der Waals surface area contributed by atoms with Gasteiger partial charge in [0.25, 0.3) is 0 Å². The normalized spacial score (nSPS) is 18.6. The maximum Gasteiger partial charge on any atom is 0.250 e. The minimum absolute atomic E-state index is 0. The summed E-state index contributed by atoms with van der Waals surface area (Å²) in [6.07, 6.45) is 2.81. The van der Waals surface area contributed by atoms with Crippen LogP contribution in [0, 0.1) is 11.8 Å². The van der Waals surface area contributed by atoms with E-state index >= 15 is 0 Å². The summed E-state index contributed by atoms with van der Waals surface area (Å²) in [6.45, 7) is 4.16. The number of primary amides is 1. The third-order valence-corrected chi connectivity index (χ3v) is 4.48. The molecular formula is C16H23Cl2N3O2. The molecule has 7 heteroatoms. The maximum absolute atomic E-state index is 12.1. The van der Waals surface area contributed by atoms with E-state index in [4.69, 9.17) is 17.3 Å². The number of nitrogens with one attached hydrogen (secondary N) is 2. The maximum atomic E-state index is 12.1. The third kappa shape index (κ3) is 5.68. The van der Waals surface area contributed by atoms with Gasteiger partial charge < -0.3 is 16.4 Å². The van der Waals surface area contributed by atoms with E-state index in [2.05, 4.69) is 17.6 Å². The molecule has 1 aliphatic heterocycles. The van der Waals surface area contributed by atoms with Crippen LogP contribution < -0.4 is 16.4 Å². The molecule has 2 unspecified atom stereocenters. The van der Waals surface area contributed by atoms with Crippen LogP contribution in [0.15, 0.2) is 18.2 Å². The fourth-order valence-corrected chi connectivity index (χ4v) is 3.10. The van der Waals surface area contributed by atoms with E-state index in [1.54, 1.807) is 12.1 Å². The summed E-state index contributed by atoms with van der Waals surface area (Å²) in [5, 5.41) is 6.44. The first-order valence-corrected chi connectivity index (χ1v) is 7.95. The summed E-state index contributed by atoms with van der Waals surface area (Å²) >= 11 is 5.97. The molecule has 1 fully saturated rings. The Morgan fingerprint density at radius 3 is 2.78 bits per heavy atom. The zero-order valence-electron chi connectivity index (χ0n) is 13.1. The highest BCUT2D eigenvalue weighted by molar-refractivity contribution is 6.34. The number of amides is 2. The number of piperidine rings is 1. The molecule has 2 atom stereocenters. The van der Waals surface area contributed by atoms with Crippen LogP contribution in [-0.2, 0) is 4.79 Å². The summed E-state index contributed by atoms with van der Waals surface area (Å²) in [5.74, 6) is 0.246. The number of carbonyl (C=O) groups excluding carboxylic acids is 2. The Labute approximate surface area is 147 Å². The largest absolute Gasteiger partial charge is 0.366 e. The first-order chi connectivity index (χ1) is 10.5. The van der Waals surface area contributed by atoms with Gasteiger partial charge in [0.15, 0.2) is 0 Å². The number of hydrogen-bond acceptors (Lipinski definition) is 3. The van der Waals surface area contributed by atoms with E-state index < -0.39 is 5.91 Å². The fraction of sp³-hybridized carbons (Fsp3) is 0.500. The van der Waals surface area contributed by atoms with Crippen molar-refractivity contribution in [1.29, 1.82) is 0 Å². The Morgan fingerprint density at radius 1 is 1.48 bits per heavy atom. The van der Waals surface area contributed by atoms with E-state index in [0.717, 1.165) is 13.1 Å². The second-order valence-corrected chi connectivity index (χ2v) is 6.30. The van der Waals surface area contributed by atoms with Crippen LogP contribution in [0.4, 0.5) is 5.69 Å². The Hall–Kier alpha value is -1.30. The van der Waals surface area contributed by atoms with Crippen LogP contribution in [0.1, 0.15) is 36.5 Å². The molecule has 0 saturated carbocycles. The molecule has 5 nitrogen and oxygen atoms in total. The van der Waals surface area contributed by atoms with Gasteiger partial charge >= 0.3 is 0 Å². The monoisotopic (exact) mass is 359 g/mol. The number of benzene rings is 1. The van der Waals surface area contributed by atoms with Crippen LogP contribution in [-0.4, -0.2) is 24.9 Å². The number of hydrogen-bond donors (Lipinski definition) is 3. The molecule has 0 radical (unpaired) electrons. The molecule has 23 heavy (non-hydrogen) atoms. The molecule has 0 aromatic heterocycles. The Morgan fingerprint density at radius 2 is 2.22 bits per heavy atom. The van der Waals surface area contributed by atoms with Crippen LogP contribution in [0.3, 0.4) is 0 Å². The van der Waals surface area contributed by atoms with Gasteiger partial charge in [0.2, 0.25) is 11.8 Å². The van der Waals surface area contributed by atoms with E-state index in [1.807, 2.05) is 0 Å². The first-order valence-electron chi connectivity index (χ1n) is 7.57. The fourth-order valence-electron chi connectivity index (χ4n) is 2.83. The average Bonchev–Trinajstić information content (AvgIpc) is 2.47. The second-order valence-electron chi connectivity index (χ2n) is 5.89. The molecule has 1 aromatic rings. The molecule has 1 saturated heterocycles. The van der Waals surface area contributed by atoms with Gasteiger partial charge in [-0.15, -0.1) is 12.4 Å². The van der Waals surface area contributed by atoms with Crippen molar-refractivity contribution >= 4 is 41.5 Å². The van der Waals surface area contributed by atoms with Gasteiger partial charge in [-0.25, -0.2) is 0 Å². The van der Waals surface area contributed by atoms with Crippen molar-refractivity contribution in [1.82, 2.24) is 5.32 Å². The summed E-state index contributed by atoms with van der Waals surface area (Å²) in [6, 6.07) is 4.71. The Kier molecular flexibility index (Phi) is 7.82. The number of rotatable bonds is 5. The predicted molar refractivity (Wildman–Crippen MR) is 95.2 cm³/mol. The van der Waals surface area contributed by atoms with Gasteiger partial charge in [0.05, 0.1) is 10.6 Å². The van der Waals surface area contributed by atoms with Crippen molar-refractivity contribution in [3.63, 3.8) is 0 Å². The summed E-state index contributed by atoms with van der Waals surface area (Å²) in [4.78, 5) is 23.2. The van der Waals surface area contributed by atoms with E-state index in [9.17, 15) is 9.59 Å². The van der Waals surface area contributed by atoms with Gasteiger partial charge in [-0.3, -0.25) is 9.59 Å². The molecule has 128 valence electrons. The van der Waals surface area contributed by atoms with Crippen LogP contribution >= 0.6 is 24.0 Å². The molecule has 1 aliphatic rings. The molecule has 4 N–H and O–H groups in total. The SMILES string of the molecule is CC(CC(=O)Nc1ccc(C(N)=O)c(Cl)c1)C1CCCNC1.Cl. The molecule has 2 amide bonds. The Balaban J connectivity index is 0.00000264. The standard InChI is InChI=1S/C16H22ClN3O2.ClH/c1-10(11-3-2-6-19-9-11)7-15(21)20-12-4-5-13(16(18)22)14(17)8-12;/h4-5,8,10-11,19H,2-3,6-7,9H2,1H3,(H2,18,22)(H,20,21);1H. The zero-order valence-corrected chi connectivity index (χ0v) is 14.7. The Bertz CT molecular complexity index is 560. The summed E-state index contributed by atoms with van der Waals surface area (Å²) in [5.41, 5.74) is 6.03. The highest BCUT2D eigenvalue weighted by atomic mass is 35.5. The van der Waals surface area contributed by atoms with E-state index in [0.29, 0.717) is 23.9 Å².